The lowest BCUT2D eigenvalue weighted by atomic mass is 9.94. The highest BCUT2D eigenvalue weighted by Gasteiger charge is 2.46. The van der Waals surface area contributed by atoms with Crippen LogP contribution in [0.15, 0.2) is 24.3 Å². The van der Waals surface area contributed by atoms with E-state index in [1.807, 2.05) is 0 Å². The molecule has 138 valence electrons. The zero-order valence-electron chi connectivity index (χ0n) is 15.0. The number of benzene rings is 1. The van der Waals surface area contributed by atoms with Gasteiger partial charge in [0.2, 0.25) is 0 Å². The first-order chi connectivity index (χ1) is 12.0. The third-order valence-electron chi connectivity index (χ3n) is 4.48. The summed E-state index contributed by atoms with van der Waals surface area (Å²) in [6, 6.07) is 5.44. The minimum absolute atomic E-state index is 0.157. The molecule has 0 radical (unpaired) electrons. The summed E-state index contributed by atoms with van der Waals surface area (Å²) < 4.78 is 18.3. The lowest BCUT2D eigenvalue weighted by molar-refractivity contribution is -0.131. The summed E-state index contributed by atoms with van der Waals surface area (Å²) in [5, 5.41) is 2.83. The minimum atomic E-state index is -0.789. The van der Waals surface area contributed by atoms with E-state index in [0.717, 1.165) is 25.7 Å². The van der Waals surface area contributed by atoms with Gasteiger partial charge in [-0.3, -0.25) is 9.69 Å². The molecule has 1 aliphatic rings. The number of hydrogen-bond acceptors (Lipinski definition) is 3. The normalized spacial score (nSPS) is 20.0. The van der Waals surface area contributed by atoms with Gasteiger partial charge in [0.25, 0.3) is 5.91 Å². The average Bonchev–Trinajstić information content (AvgIpc) is 2.80. The molecule has 1 aromatic rings. The van der Waals surface area contributed by atoms with Crippen molar-refractivity contribution >= 4 is 11.9 Å². The van der Waals surface area contributed by atoms with Crippen molar-refractivity contribution in [3.63, 3.8) is 0 Å². The number of amides is 3. The number of hydrogen-bond donors (Lipinski definition) is 1. The number of ether oxygens (including phenoxy) is 1. The molecule has 0 aromatic heterocycles. The molecule has 6 heteroatoms. The van der Waals surface area contributed by atoms with Crippen molar-refractivity contribution in [1.82, 2.24) is 10.2 Å². The Morgan fingerprint density at radius 1 is 1.12 bits per heavy atom. The van der Waals surface area contributed by atoms with E-state index in [9.17, 15) is 14.0 Å². The van der Waals surface area contributed by atoms with Crippen molar-refractivity contribution in [3.05, 3.63) is 30.1 Å². The van der Waals surface area contributed by atoms with Crippen LogP contribution in [0.2, 0.25) is 0 Å². The number of halogens is 1. The Kier molecular flexibility index (Phi) is 6.79. The van der Waals surface area contributed by atoms with Gasteiger partial charge in [-0.05, 0) is 44.0 Å². The lowest BCUT2D eigenvalue weighted by Gasteiger charge is -2.21. The maximum atomic E-state index is 12.8. The molecule has 0 spiro atoms. The number of nitrogens with zero attached hydrogens (tertiary/aromatic N) is 1. The Labute approximate surface area is 148 Å². The standard InChI is InChI=1S/C19H27FN2O3/c1-3-4-5-6-12-19(2)17(23)22(18(24)21-19)13-7-14-25-16-10-8-15(20)9-11-16/h8-11H,3-7,12-14H2,1-2H3,(H,21,24). The predicted octanol–water partition coefficient (Wildman–Crippen LogP) is 3.88. The number of urea groups is 1. The summed E-state index contributed by atoms with van der Waals surface area (Å²) in [5.74, 6) is 0.0973. The Bertz CT molecular complexity index is 591. The molecule has 1 atom stereocenters. The molecular weight excluding hydrogens is 323 g/mol. The number of nitrogens with one attached hydrogen (secondary N) is 1. The summed E-state index contributed by atoms with van der Waals surface area (Å²) in [6.45, 7) is 4.61. The van der Waals surface area contributed by atoms with Crippen LogP contribution < -0.4 is 10.1 Å². The van der Waals surface area contributed by atoms with Crippen molar-refractivity contribution in [2.24, 2.45) is 0 Å². The molecule has 2 rings (SSSR count). The van der Waals surface area contributed by atoms with Gasteiger partial charge in [0, 0.05) is 6.54 Å². The van der Waals surface area contributed by atoms with Gasteiger partial charge < -0.3 is 10.1 Å². The zero-order valence-corrected chi connectivity index (χ0v) is 15.0. The molecule has 1 unspecified atom stereocenters. The largest absolute Gasteiger partial charge is 0.494 e. The first-order valence-electron chi connectivity index (χ1n) is 8.99. The summed E-state index contributed by atoms with van der Waals surface area (Å²) in [5.41, 5.74) is -0.789. The quantitative estimate of drug-likeness (QED) is 0.515. The molecule has 1 N–H and O–H groups in total. The van der Waals surface area contributed by atoms with Crippen LogP contribution in [0.25, 0.3) is 0 Å². The second-order valence-electron chi connectivity index (χ2n) is 6.69. The van der Waals surface area contributed by atoms with Crippen LogP contribution in [0.1, 0.15) is 52.4 Å². The average molecular weight is 350 g/mol. The molecule has 1 aromatic carbocycles. The lowest BCUT2D eigenvalue weighted by Crippen LogP contribution is -2.43. The van der Waals surface area contributed by atoms with Gasteiger partial charge in [0.1, 0.15) is 17.1 Å². The zero-order chi connectivity index (χ0) is 18.3. The number of rotatable bonds is 10. The second-order valence-corrected chi connectivity index (χ2v) is 6.69. The van der Waals surface area contributed by atoms with Gasteiger partial charge in [0.15, 0.2) is 0 Å². The van der Waals surface area contributed by atoms with Crippen LogP contribution in [0.5, 0.6) is 5.75 Å². The topological polar surface area (TPSA) is 58.6 Å². The van der Waals surface area contributed by atoms with Crippen LogP contribution in [0, 0.1) is 5.82 Å². The van der Waals surface area contributed by atoms with Crippen LogP contribution in [-0.4, -0.2) is 35.5 Å². The molecule has 1 aliphatic heterocycles. The molecule has 25 heavy (non-hydrogen) atoms. The molecule has 5 nitrogen and oxygen atoms in total. The third-order valence-corrected chi connectivity index (χ3v) is 4.48. The molecule has 1 saturated heterocycles. The van der Waals surface area contributed by atoms with Gasteiger partial charge >= 0.3 is 6.03 Å². The van der Waals surface area contributed by atoms with Gasteiger partial charge in [-0.1, -0.05) is 32.6 Å². The van der Waals surface area contributed by atoms with E-state index in [0.29, 0.717) is 31.7 Å². The van der Waals surface area contributed by atoms with Crippen molar-refractivity contribution < 1.29 is 18.7 Å². The smallest absolute Gasteiger partial charge is 0.325 e. The molecule has 3 amide bonds. The van der Waals surface area contributed by atoms with E-state index in [1.54, 1.807) is 19.1 Å². The SMILES string of the molecule is CCCCCCC1(C)NC(=O)N(CCCOc2ccc(F)cc2)C1=O. The summed E-state index contributed by atoms with van der Waals surface area (Å²) in [6.07, 6.45) is 5.47. The third kappa shape index (κ3) is 5.18. The van der Waals surface area contributed by atoms with Gasteiger partial charge in [-0.25, -0.2) is 9.18 Å². The first kappa shape index (κ1) is 19.2. The first-order valence-corrected chi connectivity index (χ1v) is 8.99. The molecule has 0 saturated carbocycles. The van der Waals surface area contributed by atoms with Crippen LogP contribution in [0.4, 0.5) is 9.18 Å². The molecule has 1 fully saturated rings. The second kappa shape index (κ2) is 8.83. The van der Waals surface area contributed by atoms with Crippen LogP contribution >= 0.6 is 0 Å². The monoisotopic (exact) mass is 350 g/mol. The van der Waals surface area contributed by atoms with E-state index >= 15 is 0 Å². The Balaban J connectivity index is 1.76. The van der Waals surface area contributed by atoms with E-state index in [4.69, 9.17) is 4.74 Å². The maximum Gasteiger partial charge on any atom is 0.325 e. The maximum absolute atomic E-state index is 12.8. The Hall–Kier alpha value is -2.11. The van der Waals surface area contributed by atoms with Crippen molar-refractivity contribution in [3.8, 4) is 5.75 Å². The van der Waals surface area contributed by atoms with Crippen molar-refractivity contribution in [2.45, 2.75) is 57.9 Å². The van der Waals surface area contributed by atoms with Crippen LogP contribution in [-0.2, 0) is 4.79 Å². The minimum Gasteiger partial charge on any atom is -0.494 e. The van der Waals surface area contributed by atoms with Crippen molar-refractivity contribution in [1.29, 1.82) is 0 Å². The number of carbonyl (C=O) groups is 2. The van der Waals surface area contributed by atoms with Gasteiger partial charge in [0.05, 0.1) is 6.61 Å². The van der Waals surface area contributed by atoms with E-state index < -0.39 is 5.54 Å². The van der Waals surface area contributed by atoms with E-state index in [-0.39, 0.29) is 17.8 Å². The summed E-state index contributed by atoms with van der Waals surface area (Å²) in [7, 11) is 0. The summed E-state index contributed by atoms with van der Waals surface area (Å²) in [4.78, 5) is 25.9. The molecular formula is C19H27FN2O3. The number of imide groups is 1. The Morgan fingerprint density at radius 3 is 2.52 bits per heavy atom. The van der Waals surface area contributed by atoms with Gasteiger partial charge in [-0.2, -0.15) is 0 Å². The number of carbonyl (C=O) groups excluding carboxylic acids is 2. The highest BCUT2D eigenvalue weighted by atomic mass is 19.1. The molecule has 1 heterocycles. The molecule has 0 aliphatic carbocycles. The van der Waals surface area contributed by atoms with Gasteiger partial charge in [-0.15, -0.1) is 0 Å². The fraction of sp³-hybridized carbons (Fsp3) is 0.579. The summed E-state index contributed by atoms with van der Waals surface area (Å²) >= 11 is 0. The highest BCUT2D eigenvalue weighted by Crippen LogP contribution is 2.24. The predicted molar refractivity (Wildman–Crippen MR) is 93.9 cm³/mol. The van der Waals surface area contributed by atoms with Crippen LogP contribution in [0.3, 0.4) is 0 Å². The fourth-order valence-electron chi connectivity index (χ4n) is 2.97. The van der Waals surface area contributed by atoms with Crippen molar-refractivity contribution in [2.75, 3.05) is 13.2 Å². The highest BCUT2D eigenvalue weighted by molar-refractivity contribution is 6.06. The number of unbranched alkanes of at least 4 members (excludes halogenated alkanes) is 3. The van der Waals surface area contributed by atoms with E-state index in [1.165, 1.54) is 17.0 Å². The molecule has 0 bridgehead atoms. The Morgan fingerprint density at radius 2 is 1.84 bits per heavy atom. The van der Waals surface area contributed by atoms with E-state index in [2.05, 4.69) is 12.2 Å². The fourth-order valence-corrected chi connectivity index (χ4v) is 2.97.